The quantitative estimate of drug-likeness (QED) is 0.866. The maximum absolute atomic E-state index is 12.9. The topological polar surface area (TPSA) is 38.3 Å². The van der Waals surface area contributed by atoms with Gasteiger partial charge in [-0.15, -0.1) is 0 Å². The predicted octanol–water partition coefficient (Wildman–Crippen LogP) is 3.42. The summed E-state index contributed by atoms with van der Waals surface area (Å²) in [5.74, 6) is 1.82. The van der Waals surface area contributed by atoms with Crippen molar-refractivity contribution in [1.82, 2.24) is 5.32 Å². The molecule has 2 fully saturated rings. The van der Waals surface area contributed by atoms with Crippen LogP contribution in [0.1, 0.15) is 53.6 Å². The molecule has 3 unspecified atom stereocenters. The van der Waals surface area contributed by atoms with E-state index in [9.17, 15) is 4.79 Å². The van der Waals surface area contributed by atoms with E-state index in [0.717, 1.165) is 28.9 Å². The van der Waals surface area contributed by atoms with Crippen molar-refractivity contribution < 1.29 is 9.53 Å². The Morgan fingerprint density at radius 2 is 1.95 bits per heavy atom. The van der Waals surface area contributed by atoms with Crippen molar-refractivity contribution in [2.75, 3.05) is 7.11 Å². The molecule has 0 amide bonds. The third kappa shape index (κ3) is 2.71. The first-order chi connectivity index (χ1) is 10.1. The molecule has 1 aliphatic carbocycles. The highest BCUT2D eigenvalue weighted by Crippen LogP contribution is 2.34. The van der Waals surface area contributed by atoms with Crippen molar-refractivity contribution in [1.29, 1.82) is 0 Å². The Hall–Kier alpha value is -1.35. The molecule has 0 radical (unpaired) electrons. The lowest BCUT2D eigenvalue weighted by atomic mass is 9.84. The molecule has 21 heavy (non-hydrogen) atoms. The molecular weight excluding hydrogens is 262 g/mol. The number of Topliss-reactive ketones (excluding diaryl/α,β-unsaturated/α-hetero) is 1. The van der Waals surface area contributed by atoms with Gasteiger partial charge in [0.15, 0.2) is 5.78 Å². The van der Waals surface area contributed by atoms with Gasteiger partial charge in [0.2, 0.25) is 0 Å². The summed E-state index contributed by atoms with van der Waals surface area (Å²) >= 11 is 0. The minimum Gasteiger partial charge on any atom is -0.496 e. The van der Waals surface area contributed by atoms with E-state index in [1.807, 2.05) is 26.0 Å². The zero-order valence-corrected chi connectivity index (χ0v) is 13.2. The fraction of sp³-hybridized carbons (Fsp3) is 0.611. The highest BCUT2D eigenvalue weighted by molar-refractivity contribution is 6.02. The number of carbonyl (C=O) groups is 1. The van der Waals surface area contributed by atoms with Gasteiger partial charge in [-0.2, -0.15) is 0 Å². The SMILES string of the molecule is COc1cc(C)c(C(=O)C2CC3CCCCC3N2)cc1C. The third-order valence-electron chi connectivity index (χ3n) is 5.19. The molecule has 2 aliphatic rings. The second kappa shape index (κ2) is 5.80. The lowest BCUT2D eigenvalue weighted by molar-refractivity contribution is 0.0948. The fourth-order valence-corrected chi connectivity index (χ4v) is 3.98. The zero-order valence-electron chi connectivity index (χ0n) is 13.2. The largest absolute Gasteiger partial charge is 0.496 e. The molecule has 1 aromatic rings. The van der Waals surface area contributed by atoms with Gasteiger partial charge in [-0.25, -0.2) is 0 Å². The van der Waals surface area contributed by atoms with Gasteiger partial charge in [-0.1, -0.05) is 12.8 Å². The van der Waals surface area contributed by atoms with Crippen molar-refractivity contribution in [2.24, 2.45) is 5.92 Å². The Balaban J connectivity index is 1.81. The van der Waals surface area contributed by atoms with Crippen LogP contribution in [0.3, 0.4) is 0 Å². The lowest BCUT2D eigenvalue weighted by Gasteiger charge is -2.24. The summed E-state index contributed by atoms with van der Waals surface area (Å²) in [7, 11) is 1.67. The molecule has 0 aromatic heterocycles. The van der Waals surface area contributed by atoms with Crippen molar-refractivity contribution in [3.63, 3.8) is 0 Å². The number of ether oxygens (including phenoxy) is 1. The summed E-state index contributed by atoms with van der Waals surface area (Å²) in [6.07, 6.45) is 6.14. The molecule has 0 spiro atoms. The minimum atomic E-state index is 0.00425. The molecule has 114 valence electrons. The summed E-state index contributed by atoms with van der Waals surface area (Å²) < 4.78 is 5.34. The smallest absolute Gasteiger partial charge is 0.180 e. The Morgan fingerprint density at radius 3 is 2.67 bits per heavy atom. The monoisotopic (exact) mass is 287 g/mol. The second-order valence-electron chi connectivity index (χ2n) is 6.61. The van der Waals surface area contributed by atoms with E-state index in [1.165, 1.54) is 25.7 Å². The Bertz CT molecular complexity index is 538. The fourth-order valence-electron chi connectivity index (χ4n) is 3.98. The molecule has 3 atom stereocenters. The van der Waals surface area contributed by atoms with Crippen molar-refractivity contribution in [3.8, 4) is 5.75 Å². The molecule has 1 N–H and O–H groups in total. The van der Waals surface area contributed by atoms with Crippen LogP contribution in [0.15, 0.2) is 12.1 Å². The van der Waals surface area contributed by atoms with Crippen LogP contribution in [0.5, 0.6) is 5.75 Å². The Morgan fingerprint density at radius 1 is 1.19 bits per heavy atom. The average Bonchev–Trinajstić information content (AvgIpc) is 2.92. The van der Waals surface area contributed by atoms with E-state index in [0.29, 0.717) is 12.0 Å². The second-order valence-corrected chi connectivity index (χ2v) is 6.61. The summed E-state index contributed by atoms with van der Waals surface area (Å²) in [6, 6.07) is 4.53. The molecule has 1 aliphatic heterocycles. The maximum atomic E-state index is 12.9. The molecule has 1 aromatic carbocycles. The zero-order chi connectivity index (χ0) is 15.0. The summed E-state index contributed by atoms with van der Waals surface area (Å²) in [4.78, 5) is 12.9. The number of benzene rings is 1. The van der Waals surface area contributed by atoms with Gasteiger partial charge in [0, 0.05) is 11.6 Å². The molecule has 1 saturated heterocycles. The average molecular weight is 287 g/mol. The number of fused-ring (bicyclic) bond motifs is 1. The third-order valence-corrected chi connectivity index (χ3v) is 5.19. The molecule has 1 saturated carbocycles. The lowest BCUT2D eigenvalue weighted by Crippen LogP contribution is -2.37. The van der Waals surface area contributed by atoms with E-state index < -0.39 is 0 Å². The van der Waals surface area contributed by atoms with Crippen molar-refractivity contribution >= 4 is 5.78 Å². The number of ketones is 1. The van der Waals surface area contributed by atoms with Crippen LogP contribution in [-0.4, -0.2) is 25.0 Å². The van der Waals surface area contributed by atoms with Gasteiger partial charge in [-0.05, 0) is 62.3 Å². The van der Waals surface area contributed by atoms with Gasteiger partial charge in [0.05, 0.1) is 13.2 Å². The number of methoxy groups -OCH3 is 1. The normalized spacial score (nSPS) is 28.2. The number of hydrogen-bond donors (Lipinski definition) is 1. The van der Waals surface area contributed by atoms with Crippen LogP contribution >= 0.6 is 0 Å². The summed E-state index contributed by atoms with van der Waals surface area (Å²) in [5.41, 5.74) is 2.89. The van der Waals surface area contributed by atoms with E-state index >= 15 is 0 Å². The first-order valence-electron chi connectivity index (χ1n) is 8.05. The molecular formula is C18H25NO2. The van der Waals surface area contributed by atoms with Crippen LogP contribution < -0.4 is 10.1 Å². The predicted molar refractivity (Wildman–Crippen MR) is 84.1 cm³/mol. The summed E-state index contributed by atoms with van der Waals surface area (Å²) in [5, 5.41) is 3.59. The number of rotatable bonds is 3. The van der Waals surface area contributed by atoms with Gasteiger partial charge in [-0.3, -0.25) is 4.79 Å². The highest BCUT2D eigenvalue weighted by atomic mass is 16.5. The highest BCUT2D eigenvalue weighted by Gasteiger charge is 2.38. The van der Waals surface area contributed by atoms with E-state index in [4.69, 9.17) is 4.74 Å². The van der Waals surface area contributed by atoms with E-state index in [-0.39, 0.29) is 11.8 Å². The van der Waals surface area contributed by atoms with Crippen LogP contribution in [0.2, 0.25) is 0 Å². The van der Waals surface area contributed by atoms with Crippen molar-refractivity contribution in [2.45, 2.75) is 58.0 Å². The minimum absolute atomic E-state index is 0.00425. The van der Waals surface area contributed by atoms with E-state index in [2.05, 4.69) is 5.32 Å². The number of aryl methyl sites for hydroxylation is 2. The first kappa shape index (κ1) is 14.6. The van der Waals surface area contributed by atoms with Crippen LogP contribution in [0, 0.1) is 19.8 Å². The number of hydrogen-bond acceptors (Lipinski definition) is 3. The molecule has 1 heterocycles. The standard InChI is InChI=1S/C18H25NO2/c1-11-9-17(21-3)12(2)8-14(11)18(20)16-10-13-6-4-5-7-15(13)19-16/h8-9,13,15-16,19H,4-7,10H2,1-3H3. The molecule has 3 heteroatoms. The van der Waals surface area contributed by atoms with Gasteiger partial charge in [0.25, 0.3) is 0 Å². The van der Waals surface area contributed by atoms with E-state index in [1.54, 1.807) is 7.11 Å². The maximum Gasteiger partial charge on any atom is 0.180 e. The van der Waals surface area contributed by atoms with Gasteiger partial charge < -0.3 is 10.1 Å². The Labute approximate surface area is 127 Å². The number of nitrogens with one attached hydrogen (secondary N) is 1. The van der Waals surface area contributed by atoms with Crippen LogP contribution in [-0.2, 0) is 0 Å². The first-order valence-corrected chi connectivity index (χ1v) is 8.05. The van der Waals surface area contributed by atoms with Gasteiger partial charge >= 0.3 is 0 Å². The molecule has 3 nitrogen and oxygen atoms in total. The number of carbonyl (C=O) groups excluding carboxylic acids is 1. The molecule has 0 bridgehead atoms. The van der Waals surface area contributed by atoms with Crippen LogP contribution in [0.4, 0.5) is 0 Å². The molecule has 3 rings (SSSR count). The Kier molecular flexibility index (Phi) is 4.03. The summed E-state index contributed by atoms with van der Waals surface area (Å²) in [6.45, 7) is 3.99. The van der Waals surface area contributed by atoms with Crippen molar-refractivity contribution in [3.05, 3.63) is 28.8 Å². The van der Waals surface area contributed by atoms with Crippen LogP contribution in [0.25, 0.3) is 0 Å². The van der Waals surface area contributed by atoms with Gasteiger partial charge in [0.1, 0.15) is 5.75 Å².